The van der Waals surface area contributed by atoms with E-state index in [1.54, 1.807) is 25.1 Å². The Morgan fingerprint density at radius 3 is 2.58 bits per heavy atom. The average molecular weight is 463 g/mol. The molecular formula is C21H20ClFN4O3S. The van der Waals surface area contributed by atoms with Crippen molar-refractivity contribution < 1.29 is 17.6 Å². The minimum absolute atomic E-state index is 0.0485. The van der Waals surface area contributed by atoms with Gasteiger partial charge in [0.25, 0.3) is 5.91 Å². The molecule has 0 atom stereocenters. The van der Waals surface area contributed by atoms with Gasteiger partial charge in [0.2, 0.25) is 10.0 Å². The van der Waals surface area contributed by atoms with Crippen LogP contribution < -0.4 is 5.32 Å². The Morgan fingerprint density at radius 1 is 1.16 bits per heavy atom. The van der Waals surface area contributed by atoms with Crippen molar-refractivity contribution in [1.82, 2.24) is 14.1 Å². The Balaban J connectivity index is 1.61. The largest absolute Gasteiger partial charge is 0.322 e. The molecule has 31 heavy (non-hydrogen) atoms. The summed E-state index contributed by atoms with van der Waals surface area (Å²) < 4.78 is 42.6. The molecule has 0 saturated carbocycles. The maximum absolute atomic E-state index is 14.1. The van der Waals surface area contributed by atoms with Gasteiger partial charge in [0.15, 0.2) is 0 Å². The number of benzene rings is 2. The number of halogens is 2. The molecule has 1 aliphatic heterocycles. The van der Waals surface area contributed by atoms with Crippen molar-refractivity contribution in [3.8, 4) is 5.69 Å². The zero-order chi connectivity index (χ0) is 22.2. The van der Waals surface area contributed by atoms with Gasteiger partial charge in [-0.3, -0.25) is 4.79 Å². The SMILES string of the molecule is Cc1c(C(=O)Nc2ccc(Cl)c(S(=O)(=O)N3CCCC3)c2)cnn1-c1ccccc1F. The number of amides is 1. The molecular weight excluding hydrogens is 443 g/mol. The summed E-state index contributed by atoms with van der Waals surface area (Å²) >= 11 is 6.16. The molecule has 1 N–H and O–H groups in total. The van der Waals surface area contributed by atoms with E-state index in [1.165, 1.54) is 39.4 Å². The fraction of sp³-hybridized carbons (Fsp3) is 0.238. The molecule has 4 rings (SSSR count). The van der Waals surface area contributed by atoms with E-state index in [0.717, 1.165) is 12.8 Å². The van der Waals surface area contributed by atoms with Gasteiger partial charge in [-0.1, -0.05) is 23.7 Å². The topological polar surface area (TPSA) is 84.3 Å². The van der Waals surface area contributed by atoms with E-state index >= 15 is 0 Å². The highest BCUT2D eigenvalue weighted by Crippen LogP contribution is 2.30. The second-order valence-corrected chi connectivity index (χ2v) is 9.53. The predicted octanol–water partition coefficient (Wildman–Crippen LogP) is 4.01. The Morgan fingerprint density at radius 2 is 1.87 bits per heavy atom. The van der Waals surface area contributed by atoms with Crippen LogP contribution in [0.25, 0.3) is 5.69 Å². The van der Waals surface area contributed by atoms with Gasteiger partial charge in [0.05, 0.1) is 22.5 Å². The van der Waals surface area contributed by atoms with Crippen LogP contribution in [0.5, 0.6) is 0 Å². The van der Waals surface area contributed by atoms with Crippen molar-refractivity contribution >= 4 is 33.2 Å². The Hall–Kier alpha value is -2.75. The average Bonchev–Trinajstić information content (AvgIpc) is 3.40. The lowest BCUT2D eigenvalue weighted by atomic mass is 10.2. The van der Waals surface area contributed by atoms with Crippen LogP contribution >= 0.6 is 11.6 Å². The fourth-order valence-electron chi connectivity index (χ4n) is 3.54. The minimum atomic E-state index is -3.75. The molecule has 0 spiro atoms. The van der Waals surface area contributed by atoms with Gasteiger partial charge in [-0.2, -0.15) is 9.40 Å². The molecule has 0 bridgehead atoms. The number of aromatic nitrogens is 2. The van der Waals surface area contributed by atoms with Crippen LogP contribution in [0, 0.1) is 12.7 Å². The molecule has 0 aliphatic carbocycles. The van der Waals surface area contributed by atoms with Crippen LogP contribution in [0.15, 0.2) is 53.6 Å². The Bertz CT molecular complexity index is 1250. The van der Waals surface area contributed by atoms with Crippen molar-refractivity contribution in [2.24, 2.45) is 0 Å². The first-order chi connectivity index (χ1) is 14.8. The highest BCUT2D eigenvalue weighted by molar-refractivity contribution is 7.89. The quantitative estimate of drug-likeness (QED) is 0.621. The number of carbonyl (C=O) groups is 1. The molecule has 2 heterocycles. The monoisotopic (exact) mass is 462 g/mol. The van der Waals surface area contributed by atoms with Crippen LogP contribution in [-0.4, -0.2) is 41.5 Å². The number of nitrogens with zero attached hydrogens (tertiary/aromatic N) is 3. The van der Waals surface area contributed by atoms with E-state index in [4.69, 9.17) is 11.6 Å². The van der Waals surface area contributed by atoms with Gasteiger partial charge in [-0.15, -0.1) is 0 Å². The molecule has 0 unspecified atom stereocenters. The molecule has 1 aromatic heterocycles. The number of carbonyl (C=O) groups excluding carboxylic acids is 1. The number of sulfonamides is 1. The van der Waals surface area contributed by atoms with Crippen molar-refractivity contribution in [2.45, 2.75) is 24.7 Å². The van der Waals surface area contributed by atoms with Crippen LogP contribution in [0.3, 0.4) is 0 Å². The number of nitrogens with one attached hydrogen (secondary N) is 1. The summed E-state index contributed by atoms with van der Waals surface area (Å²) in [6.07, 6.45) is 2.95. The lowest BCUT2D eigenvalue weighted by Crippen LogP contribution is -2.28. The number of hydrogen-bond acceptors (Lipinski definition) is 4. The predicted molar refractivity (Wildman–Crippen MR) is 116 cm³/mol. The van der Waals surface area contributed by atoms with Gasteiger partial charge >= 0.3 is 0 Å². The van der Waals surface area contributed by atoms with Crippen molar-refractivity contribution in [1.29, 1.82) is 0 Å². The second-order valence-electron chi connectivity index (χ2n) is 7.22. The summed E-state index contributed by atoms with van der Waals surface area (Å²) in [5.41, 5.74) is 1.19. The Kier molecular flexibility index (Phi) is 5.83. The standard InChI is InChI=1S/C21H20ClFN4O3S/c1-14-16(13-24-27(14)19-7-3-2-6-18(19)23)21(28)25-15-8-9-17(22)20(12-15)31(29,30)26-10-4-5-11-26/h2-3,6-9,12-13H,4-5,10-11H2,1H3,(H,25,28). The first-order valence-corrected chi connectivity index (χ1v) is 11.5. The lowest BCUT2D eigenvalue weighted by molar-refractivity contribution is 0.102. The Labute approximate surface area is 184 Å². The number of anilines is 1. The zero-order valence-corrected chi connectivity index (χ0v) is 18.3. The van der Waals surface area contributed by atoms with Crippen molar-refractivity contribution in [3.63, 3.8) is 0 Å². The minimum Gasteiger partial charge on any atom is -0.322 e. The zero-order valence-electron chi connectivity index (χ0n) is 16.7. The summed E-state index contributed by atoms with van der Waals surface area (Å²) in [6.45, 7) is 2.55. The first kappa shape index (κ1) is 21.5. The fourth-order valence-corrected chi connectivity index (χ4v) is 5.56. The maximum Gasteiger partial charge on any atom is 0.259 e. The third kappa shape index (κ3) is 4.08. The van der Waals surface area contributed by atoms with Gasteiger partial charge in [0, 0.05) is 18.8 Å². The second kappa shape index (κ2) is 8.41. The van der Waals surface area contributed by atoms with E-state index in [9.17, 15) is 17.6 Å². The van der Waals surface area contributed by atoms with Gasteiger partial charge in [-0.05, 0) is 50.1 Å². The number of para-hydroxylation sites is 1. The molecule has 1 fully saturated rings. The molecule has 2 aromatic carbocycles. The molecule has 1 amide bonds. The van der Waals surface area contributed by atoms with Gasteiger partial charge < -0.3 is 5.32 Å². The number of hydrogen-bond donors (Lipinski definition) is 1. The van der Waals surface area contributed by atoms with E-state index in [0.29, 0.717) is 18.8 Å². The summed E-state index contributed by atoms with van der Waals surface area (Å²) in [6, 6.07) is 10.4. The molecule has 1 saturated heterocycles. The smallest absolute Gasteiger partial charge is 0.259 e. The summed E-state index contributed by atoms with van der Waals surface area (Å²) in [5, 5.41) is 6.90. The molecule has 0 radical (unpaired) electrons. The van der Waals surface area contributed by atoms with E-state index in [2.05, 4.69) is 10.4 Å². The third-order valence-corrected chi connectivity index (χ3v) is 7.59. The van der Waals surface area contributed by atoms with Crippen molar-refractivity contribution in [3.05, 3.63) is 70.8 Å². The molecule has 10 heteroatoms. The maximum atomic E-state index is 14.1. The molecule has 7 nitrogen and oxygen atoms in total. The summed E-state index contributed by atoms with van der Waals surface area (Å²) in [5.74, 6) is -0.956. The molecule has 3 aromatic rings. The van der Waals surface area contributed by atoms with Crippen LogP contribution in [0.4, 0.5) is 10.1 Å². The first-order valence-electron chi connectivity index (χ1n) is 9.69. The summed E-state index contributed by atoms with van der Waals surface area (Å²) in [4.78, 5) is 12.8. The number of rotatable bonds is 5. The van der Waals surface area contributed by atoms with Crippen LogP contribution in [-0.2, 0) is 10.0 Å². The normalized spacial score (nSPS) is 14.7. The van der Waals surface area contributed by atoms with E-state index in [-0.39, 0.29) is 26.9 Å². The van der Waals surface area contributed by atoms with Crippen LogP contribution in [0.2, 0.25) is 5.02 Å². The van der Waals surface area contributed by atoms with Crippen LogP contribution in [0.1, 0.15) is 28.9 Å². The van der Waals surface area contributed by atoms with Crippen molar-refractivity contribution in [2.75, 3.05) is 18.4 Å². The summed E-state index contributed by atoms with van der Waals surface area (Å²) in [7, 11) is -3.75. The molecule has 162 valence electrons. The van der Waals surface area contributed by atoms with E-state index < -0.39 is 21.7 Å². The lowest BCUT2D eigenvalue weighted by Gasteiger charge is -2.17. The highest BCUT2D eigenvalue weighted by Gasteiger charge is 2.29. The van der Waals surface area contributed by atoms with E-state index in [1.807, 2.05) is 0 Å². The van der Waals surface area contributed by atoms with Gasteiger partial charge in [-0.25, -0.2) is 17.5 Å². The highest BCUT2D eigenvalue weighted by atomic mass is 35.5. The van der Waals surface area contributed by atoms with Gasteiger partial charge in [0.1, 0.15) is 16.4 Å². The molecule has 1 aliphatic rings. The third-order valence-electron chi connectivity index (χ3n) is 5.21.